The Morgan fingerprint density at radius 2 is 2.09 bits per heavy atom. The number of amides is 2. The lowest BCUT2D eigenvalue weighted by Crippen LogP contribution is -2.30. The third-order valence-electron chi connectivity index (χ3n) is 3.38. The fourth-order valence-electron chi connectivity index (χ4n) is 2.08. The van der Waals surface area contributed by atoms with Crippen LogP contribution in [0.3, 0.4) is 0 Å². The van der Waals surface area contributed by atoms with Crippen molar-refractivity contribution in [3.8, 4) is 0 Å². The van der Waals surface area contributed by atoms with Gasteiger partial charge in [-0.15, -0.1) is 0 Å². The van der Waals surface area contributed by atoms with Gasteiger partial charge in [-0.05, 0) is 31.5 Å². The minimum absolute atomic E-state index is 0.179. The predicted molar refractivity (Wildman–Crippen MR) is 84.2 cm³/mol. The zero-order chi connectivity index (χ0) is 16.1. The maximum atomic E-state index is 12.1. The molecule has 2 rings (SSSR count). The molecule has 1 aromatic carbocycles. The molecule has 116 valence electrons. The van der Waals surface area contributed by atoms with E-state index in [1.807, 2.05) is 32.0 Å². The smallest absolute Gasteiger partial charge is 0.233 e. The highest BCUT2D eigenvalue weighted by Gasteiger charge is 2.15. The lowest BCUT2D eigenvalue weighted by Gasteiger charge is -2.16. The van der Waals surface area contributed by atoms with Crippen molar-refractivity contribution < 1.29 is 9.59 Å². The van der Waals surface area contributed by atoms with E-state index >= 15 is 0 Å². The Kier molecular flexibility index (Phi) is 4.93. The van der Waals surface area contributed by atoms with Crippen molar-refractivity contribution in [1.29, 1.82) is 0 Å². The number of hydrogen-bond acceptors (Lipinski definition) is 3. The molecule has 0 aliphatic heterocycles. The number of aryl methyl sites for hydroxylation is 2. The molecular weight excluding hydrogens is 280 g/mol. The van der Waals surface area contributed by atoms with Crippen LogP contribution in [0.5, 0.6) is 0 Å². The van der Waals surface area contributed by atoms with E-state index in [2.05, 4.69) is 15.5 Å². The number of carbonyl (C=O) groups is 2. The summed E-state index contributed by atoms with van der Waals surface area (Å²) in [5, 5.41) is 9.48. The van der Waals surface area contributed by atoms with Crippen LogP contribution in [0, 0.1) is 13.8 Å². The number of carbonyl (C=O) groups excluding carboxylic acids is 2. The minimum Gasteiger partial charge on any atom is -0.341 e. The van der Waals surface area contributed by atoms with Crippen molar-refractivity contribution in [3.05, 3.63) is 47.3 Å². The molecule has 0 radical (unpaired) electrons. The van der Waals surface area contributed by atoms with Gasteiger partial charge in [0.05, 0.1) is 6.20 Å². The van der Waals surface area contributed by atoms with Crippen LogP contribution in [-0.4, -0.2) is 34.0 Å². The van der Waals surface area contributed by atoms with Crippen LogP contribution in [0.2, 0.25) is 0 Å². The molecule has 0 saturated carbocycles. The van der Waals surface area contributed by atoms with Crippen LogP contribution in [0.25, 0.3) is 0 Å². The fraction of sp³-hybridized carbons (Fsp3) is 0.312. The molecule has 2 N–H and O–H groups in total. The summed E-state index contributed by atoms with van der Waals surface area (Å²) in [5.41, 5.74) is 3.61. The number of anilines is 1. The molecule has 1 aromatic heterocycles. The van der Waals surface area contributed by atoms with Crippen molar-refractivity contribution in [2.24, 2.45) is 0 Å². The highest BCUT2D eigenvalue weighted by atomic mass is 16.2. The van der Waals surface area contributed by atoms with Crippen molar-refractivity contribution in [3.63, 3.8) is 0 Å². The summed E-state index contributed by atoms with van der Waals surface area (Å²) < 4.78 is 0. The maximum absolute atomic E-state index is 12.1. The Bertz CT molecular complexity index is 678. The second-order valence-electron chi connectivity index (χ2n) is 5.36. The Morgan fingerprint density at radius 1 is 1.32 bits per heavy atom. The molecule has 2 aromatic rings. The van der Waals surface area contributed by atoms with E-state index in [1.165, 1.54) is 4.90 Å². The van der Waals surface area contributed by atoms with E-state index in [4.69, 9.17) is 0 Å². The third-order valence-corrected chi connectivity index (χ3v) is 3.38. The van der Waals surface area contributed by atoms with Crippen LogP contribution in [0.15, 0.2) is 30.5 Å². The predicted octanol–water partition coefficient (Wildman–Crippen LogP) is 2.01. The molecule has 0 saturated heterocycles. The van der Waals surface area contributed by atoms with Gasteiger partial charge < -0.3 is 10.2 Å². The Labute approximate surface area is 129 Å². The van der Waals surface area contributed by atoms with E-state index in [0.29, 0.717) is 12.2 Å². The first-order valence-electron chi connectivity index (χ1n) is 7.05. The zero-order valence-electron chi connectivity index (χ0n) is 13.0. The van der Waals surface area contributed by atoms with Gasteiger partial charge in [0.15, 0.2) is 0 Å². The molecule has 0 unspecified atom stereocenters. The molecule has 0 atom stereocenters. The standard InChI is InChI=1S/C16H20N4O2/c1-11-5-4-6-14(7-11)18-15(21)8-16(22)20(3)10-13-9-17-19-12(13)2/h4-7,9H,8,10H2,1-3H3,(H,17,19)(H,18,21). The van der Waals surface area contributed by atoms with Gasteiger partial charge in [0.1, 0.15) is 6.42 Å². The first-order chi connectivity index (χ1) is 10.5. The van der Waals surface area contributed by atoms with E-state index in [9.17, 15) is 9.59 Å². The molecule has 0 spiro atoms. The van der Waals surface area contributed by atoms with Gasteiger partial charge in [0.25, 0.3) is 0 Å². The summed E-state index contributed by atoms with van der Waals surface area (Å²) >= 11 is 0. The van der Waals surface area contributed by atoms with E-state index in [0.717, 1.165) is 16.8 Å². The topological polar surface area (TPSA) is 78.1 Å². The molecule has 0 fully saturated rings. The molecule has 0 aliphatic carbocycles. The summed E-state index contributed by atoms with van der Waals surface area (Å²) in [5.74, 6) is -0.544. The first-order valence-corrected chi connectivity index (χ1v) is 7.05. The van der Waals surface area contributed by atoms with Crippen LogP contribution < -0.4 is 5.32 Å². The van der Waals surface area contributed by atoms with Gasteiger partial charge in [0, 0.05) is 30.5 Å². The van der Waals surface area contributed by atoms with Gasteiger partial charge in [-0.1, -0.05) is 12.1 Å². The summed E-state index contributed by atoms with van der Waals surface area (Å²) in [6, 6.07) is 7.47. The van der Waals surface area contributed by atoms with Crippen LogP contribution in [-0.2, 0) is 16.1 Å². The second kappa shape index (κ2) is 6.89. The fourth-order valence-corrected chi connectivity index (χ4v) is 2.08. The van der Waals surface area contributed by atoms with Crippen molar-refractivity contribution in [1.82, 2.24) is 15.1 Å². The third kappa shape index (κ3) is 4.18. The SMILES string of the molecule is Cc1cccc(NC(=O)CC(=O)N(C)Cc2cn[nH]c2C)c1. The quantitative estimate of drug-likeness (QED) is 0.829. The number of benzene rings is 1. The van der Waals surface area contributed by atoms with Gasteiger partial charge in [-0.3, -0.25) is 14.7 Å². The zero-order valence-corrected chi connectivity index (χ0v) is 13.0. The highest BCUT2D eigenvalue weighted by Crippen LogP contribution is 2.11. The van der Waals surface area contributed by atoms with Gasteiger partial charge in [0.2, 0.25) is 11.8 Å². The van der Waals surface area contributed by atoms with E-state index in [1.54, 1.807) is 19.3 Å². The summed E-state index contributed by atoms with van der Waals surface area (Å²) in [4.78, 5) is 25.5. The summed E-state index contributed by atoms with van der Waals surface area (Å²) in [6.07, 6.45) is 1.51. The molecule has 2 amide bonds. The molecule has 0 aliphatic rings. The number of H-pyrrole nitrogens is 1. The molecular formula is C16H20N4O2. The number of aromatic amines is 1. The number of aromatic nitrogens is 2. The average molecular weight is 300 g/mol. The summed E-state index contributed by atoms with van der Waals surface area (Å²) in [7, 11) is 1.68. The van der Waals surface area contributed by atoms with Gasteiger partial charge in [-0.25, -0.2) is 0 Å². The number of hydrogen-bond donors (Lipinski definition) is 2. The Morgan fingerprint density at radius 3 is 2.73 bits per heavy atom. The van der Waals surface area contributed by atoms with Crippen molar-refractivity contribution in [2.75, 3.05) is 12.4 Å². The molecule has 6 nitrogen and oxygen atoms in total. The normalized spacial score (nSPS) is 10.3. The average Bonchev–Trinajstić information content (AvgIpc) is 2.84. The number of nitrogens with zero attached hydrogens (tertiary/aromatic N) is 2. The van der Waals surface area contributed by atoms with Gasteiger partial charge >= 0.3 is 0 Å². The van der Waals surface area contributed by atoms with Crippen molar-refractivity contribution in [2.45, 2.75) is 26.8 Å². The van der Waals surface area contributed by atoms with Crippen molar-refractivity contribution >= 4 is 17.5 Å². The number of rotatable bonds is 5. The number of nitrogens with one attached hydrogen (secondary N) is 2. The molecule has 22 heavy (non-hydrogen) atoms. The van der Waals surface area contributed by atoms with Crippen LogP contribution in [0.4, 0.5) is 5.69 Å². The maximum Gasteiger partial charge on any atom is 0.233 e. The van der Waals surface area contributed by atoms with Gasteiger partial charge in [-0.2, -0.15) is 5.10 Å². The Balaban J connectivity index is 1.88. The molecule has 1 heterocycles. The second-order valence-corrected chi connectivity index (χ2v) is 5.36. The molecule has 0 bridgehead atoms. The summed E-state index contributed by atoms with van der Waals surface area (Å²) in [6.45, 7) is 4.27. The lowest BCUT2D eigenvalue weighted by atomic mass is 10.2. The molecule has 6 heteroatoms. The largest absolute Gasteiger partial charge is 0.341 e. The highest BCUT2D eigenvalue weighted by molar-refractivity contribution is 6.03. The minimum atomic E-state index is -0.314. The lowest BCUT2D eigenvalue weighted by molar-refractivity contribution is -0.133. The first kappa shape index (κ1) is 15.8. The monoisotopic (exact) mass is 300 g/mol. The van der Waals surface area contributed by atoms with E-state index < -0.39 is 0 Å². The van der Waals surface area contributed by atoms with Crippen LogP contribution in [0.1, 0.15) is 23.2 Å². The Hall–Kier alpha value is -2.63. The van der Waals surface area contributed by atoms with Crippen LogP contribution >= 0.6 is 0 Å². The van der Waals surface area contributed by atoms with E-state index in [-0.39, 0.29) is 18.2 Å².